The number of nitrogens with one attached hydrogen (secondary N) is 1. The SMILES string of the molecule is C=CNC(=O)OCc1c(-c2ccc(O[C@H]3CCC[C@H](C(=O)O)C3)c(CC)n2)nnn1C. The van der Waals surface area contributed by atoms with Gasteiger partial charge in [-0.3, -0.25) is 10.1 Å². The largest absolute Gasteiger partial charge is 0.488 e. The van der Waals surface area contributed by atoms with Gasteiger partial charge in [-0.15, -0.1) is 5.10 Å². The van der Waals surface area contributed by atoms with E-state index in [9.17, 15) is 14.7 Å². The molecule has 0 aromatic carbocycles. The number of aliphatic carboxylic acids is 1. The molecule has 1 aliphatic carbocycles. The molecule has 2 heterocycles. The van der Waals surface area contributed by atoms with E-state index in [1.54, 1.807) is 13.1 Å². The highest BCUT2D eigenvalue weighted by Crippen LogP contribution is 2.31. The second-order valence-corrected chi connectivity index (χ2v) is 7.37. The second-order valence-electron chi connectivity index (χ2n) is 7.37. The lowest BCUT2D eigenvalue weighted by Gasteiger charge is -2.28. The Morgan fingerprint density at radius 2 is 2.19 bits per heavy atom. The molecule has 0 aliphatic heterocycles. The van der Waals surface area contributed by atoms with Crippen LogP contribution in [-0.2, 0) is 29.6 Å². The molecular formula is C21H27N5O5. The van der Waals surface area contributed by atoms with Gasteiger partial charge in [-0.2, -0.15) is 0 Å². The van der Waals surface area contributed by atoms with Crippen molar-refractivity contribution in [2.75, 3.05) is 0 Å². The third kappa shape index (κ3) is 5.39. The highest BCUT2D eigenvalue weighted by molar-refractivity contribution is 5.70. The van der Waals surface area contributed by atoms with E-state index < -0.39 is 12.1 Å². The van der Waals surface area contributed by atoms with Gasteiger partial charge in [0.1, 0.15) is 23.7 Å². The van der Waals surface area contributed by atoms with Gasteiger partial charge in [-0.1, -0.05) is 18.7 Å². The number of carboxylic acids is 1. The molecule has 0 spiro atoms. The lowest BCUT2D eigenvalue weighted by atomic mass is 9.87. The number of carbonyl (C=O) groups is 2. The highest BCUT2D eigenvalue weighted by Gasteiger charge is 2.28. The maximum atomic E-state index is 11.6. The molecule has 0 saturated heterocycles. The number of rotatable bonds is 8. The number of aromatic nitrogens is 4. The molecule has 1 aliphatic rings. The van der Waals surface area contributed by atoms with Gasteiger partial charge in [0.15, 0.2) is 0 Å². The molecule has 10 nitrogen and oxygen atoms in total. The fraction of sp³-hybridized carbons (Fsp3) is 0.476. The van der Waals surface area contributed by atoms with Crippen LogP contribution in [0.1, 0.15) is 44.0 Å². The van der Waals surface area contributed by atoms with Gasteiger partial charge in [0.05, 0.1) is 23.4 Å². The first-order valence-corrected chi connectivity index (χ1v) is 10.2. The van der Waals surface area contributed by atoms with E-state index in [-0.39, 0.29) is 18.6 Å². The minimum Gasteiger partial charge on any atom is -0.488 e. The Balaban J connectivity index is 1.78. The van der Waals surface area contributed by atoms with Gasteiger partial charge in [0.25, 0.3) is 0 Å². The maximum absolute atomic E-state index is 11.6. The first-order chi connectivity index (χ1) is 14.9. The molecular weight excluding hydrogens is 402 g/mol. The summed E-state index contributed by atoms with van der Waals surface area (Å²) >= 11 is 0. The summed E-state index contributed by atoms with van der Waals surface area (Å²) in [6, 6.07) is 3.61. The second kappa shape index (κ2) is 10.1. The Bertz CT molecular complexity index is 958. The van der Waals surface area contributed by atoms with Crippen LogP contribution in [0, 0.1) is 5.92 Å². The Kier molecular flexibility index (Phi) is 7.22. The van der Waals surface area contributed by atoms with Crippen molar-refractivity contribution in [3.8, 4) is 17.1 Å². The summed E-state index contributed by atoms with van der Waals surface area (Å²) < 4.78 is 12.8. The normalized spacial score (nSPS) is 18.3. The van der Waals surface area contributed by atoms with Crippen molar-refractivity contribution in [2.24, 2.45) is 13.0 Å². The maximum Gasteiger partial charge on any atom is 0.411 e. The van der Waals surface area contributed by atoms with Crippen LogP contribution < -0.4 is 10.1 Å². The molecule has 2 aromatic rings. The number of carboxylic acid groups (broad SMARTS) is 1. The van der Waals surface area contributed by atoms with Gasteiger partial charge in [0.2, 0.25) is 0 Å². The van der Waals surface area contributed by atoms with Crippen LogP contribution in [0.25, 0.3) is 11.4 Å². The first-order valence-electron chi connectivity index (χ1n) is 10.2. The monoisotopic (exact) mass is 429 g/mol. The van der Waals surface area contributed by atoms with Gasteiger partial charge in [-0.05, 0) is 50.4 Å². The predicted molar refractivity (Wildman–Crippen MR) is 111 cm³/mol. The zero-order valence-corrected chi connectivity index (χ0v) is 17.7. The smallest absolute Gasteiger partial charge is 0.411 e. The predicted octanol–water partition coefficient (Wildman–Crippen LogP) is 2.83. The molecule has 1 amide bonds. The zero-order valence-electron chi connectivity index (χ0n) is 17.7. The molecule has 10 heteroatoms. The molecule has 0 radical (unpaired) electrons. The van der Waals surface area contributed by atoms with Gasteiger partial charge < -0.3 is 14.6 Å². The summed E-state index contributed by atoms with van der Waals surface area (Å²) in [5.74, 6) is -0.484. The molecule has 31 heavy (non-hydrogen) atoms. The van der Waals surface area contributed by atoms with Crippen LogP contribution in [0.4, 0.5) is 4.79 Å². The van der Waals surface area contributed by atoms with E-state index in [0.717, 1.165) is 18.5 Å². The molecule has 166 valence electrons. The molecule has 2 aromatic heterocycles. The Morgan fingerprint density at radius 1 is 1.39 bits per heavy atom. The molecule has 1 fully saturated rings. The molecule has 0 unspecified atom stereocenters. The third-order valence-corrected chi connectivity index (χ3v) is 5.28. The number of hydrogen-bond acceptors (Lipinski definition) is 7. The summed E-state index contributed by atoms with van der Waals surface area (Å²) in [4.78, 5) is 27.6. The van der Waals surface area contributed by atoms with Gasteiger partial charge in [-0.25, -0.2) is 14.5 Å². The molecule has 0 bridgehead atoms. The van der Waals surface area contributed by atoms with Crippen molar-refractivity contribution >= 4 is 12.1 Å². The minimum absolute atomic E-state index is 0.0292. The quantitative estimate of drug-likeness (QED) is 0.655. The van der Waals surface area contributed by atoms with Crippen LogP contribution in [0.3, 0.4) is 0 Å². The van der Waals surface area contributed by atoms with Crippen molar-refractivity contribution in [1.29, 1.82) is 0 Å². The molecule has 2 N–H and O–H groups in total. The van der Waals surface area contributed by atoms with E-state index in [4.69, 9.17) is 9.47 Å². The number of hydrogen-bond donors (Lipinski definition) is 2. The molecule has 2 atom stereocenters. The van der Waals surface area contributed by atoms with Gasteiger partial charge >= 0.3 is 12.1 Å². The van der Waals surface area contributed by atoms with Crippen LogP contribution in [0.15, 0.2) is 24.9 Å². The van der Waals surface area contributed by atoms with Crippen LogP contribution in [0.5, 0.6) is 5.75 Å². The minimum atomic E-state index is -0.767. The highest BCUT2D eigenvalue weighted by atomic mass is 16.5. The summed E-state index contributed by atoms with van der Waals surface area (Å²) in [5, 5.41) is 19.8. The van der Waals surface area contributed by atoms with Gasteiger partial charge in [0, 0.05) is 7.05 Å². The molecule has 1 saturated carbocycles. The average molecular weight is 429 g/mol. The first kappa shape index (κ1) is 22.3. The Labute approximate surface area is 180 Å². The fourth-order valence-corrected chi connectivity index (χ4v) is 3.63. The number of ether oxygens (including phenoxy) is 2. The van der Waals surface area contributed by atoms with E-state index >= 15 is 0 Å². The van der Waals surface area contributed by atoms with E-state index in [0.29, 0.717) is 42.1 Å². The number of amides is 1. The van der Waals surface area contributed by atoms with Crippen LogP contribution >= 0.6 is 0 Å². The number of alkyl carbamates (subject to hydrolysis) is 1. The number of carbonyl (C=O) groups excluding carboxylic acids is 1. The summed E-state index contributed by atoms with van der Waals surface area (Å²) in [5.41, 5.74) is 2.45. The van der Waals surface area contributed by atoms with E-state index in [1.807, 2.05) is 13.0 Å². The van der Waals surface area contributed by atoms with Crippen molar-refractivity contribution in [3.05, 3.63) is 36.3 Å². The van der Waals surface area contributed by atoms with Crippen LogP contribution in [0.2, 0.25) is 0 Å². The van der Waals surface area contributed by atoms with E-state index in [1.165, 1.54) is 10.9 Å². The lowest BCUT2D eigenvalue weighted by molar-refractivity contribution is -0.143. The Hall–Kier alpha value is -3.43. The van der Waals surface area contributed by atoms with E-state index in [2.05, 4.69) is 27.2 Å². The summed E-state index contributed by atoms with van der Waals surface area (Å²) in [7, 11) is 1.71. The van der Waals surface area contributed by atoms with Crippen LogP contribution in [-0.4, -0.2) is 43.3 Å². The third-order valence-electron chi connectivity index (χ3n) is 5.28. The number of nitrogens with zero attached hydrogens (tertiary/aromatic N) is 4. The zero-order chi connectivity index (χ0) is 22.4. The topological polar surface area (TPSA) is 128 Å². The standard InChI is InChI=1S/C21H27N5O5/c1-4-15-18(31-14-8-6-7-13(11-14)20(27)28)10-9-16(23-15)19-17(26(3)25-24-19)12-30-21(29)22-5-2/h5,9-10,13-14H,2,4,6-8,11-12H2,1,3H3,(H,22,29)(H,27,28)/t13-,14-/m0/s1. The van der Waals surface area contributed by atoms with Crippen molar-refractivity contribution in [2.45, 2.75) is 51.7 Å². The van der Waals surface area contributed by atoms with Crippen molar-refractivity contribution < 1.29 is 24.2 Å². The fourth-order valence-electron chi connectivity index (χ4n) is 3.63. The van der Waals surface area contributed by atoms with Crippen molar-refractivity contribution in [3.63, 3.8) is 0 Å². The number of aryl methyl sites for hydroxylation is 2. The average Bonchev–Trinajstić information content (AvgIpc) is 3.13. The lowest BCUT2D eigenvalue weighted by Crippen LogP contribution is -2.29. The Morgan fingerprint density at radius 3 is 2.90 bits per heavy atom. The number of pyridine rings is 1. The molecule has 3 rings (SSSR count). The summed E-state index contributed by atoms with van der Waals surface area (Å²) in [6.45, 7) is 5.36. The van der Waals surface area contributed by atoms with Crippen molar-refractivity contribution in [1.82, 2.24) is 25.3 Å². The summed E-state index contributed by atoms with van der Waals surface area (Å²) in [6.07, 6.45) is 3.95.